The molecule has 0 amide bonds. The Morgan fingerprint density at radius 1 is 1.25 bits per heavy atom. The van der Waals surface area contributed by atoms with Gasteiger partial charge in [0.15, 0.2) is 5.16 Å². The third kappa shape index (κ3) is 2.93. The minimum atomic E-state index is 0.0183. The Morgan fingerprint density at radius 3 is 2.69 bits per heavy atom. The predicted octanol–water partition coefficient (Wildman–Crippen LogP) is 2.18. The zero-order valence-corrected chi connectivity index (χ0v) is 9.61. The smallest absolute Gasteiger partial charge is 0.215 e. The van der Waals surface area contributed by atoms with Gasteiger partial charge >= 0.3 is 0 Å². The van der Waals surface area contributed by atoms with Crippen LogP contribution in [0.15, 0.2) is 35.7 Å². The number of aryl methyl sites for hydroxylation is 1. The maximum atomic E-state index is 9.32. The van der Waals surface area contributed by atoms with E-state index in [4.69, 9.17) is 0 Å². The molecule has 0 saturated heterocycles. The third-order valence-electron chi connectivity index (χ3n) is 1.94. The monoisotopic (exact) mass is 233 g/mol. The van der Waals surface area contributed by atoms with Crippen molar-refractivity contribution in [2.24, 2.45) is 0 Å². The third-order valence-corrected chi connectivity index (χ3v) is 2.86. The molecule has 0 atom stereocenters. The van der Waals surface area contributed by atoms with Crippen molar-refractivity contribution in [2.45, 2.75) is 17.8 Å². The lowest BCUT2D eigenvalue weighted by Crippen LogP contribution is -1.90. The molecule has 0 fully saturated rings. The number of nitrogens with zero attached hydrogens (tertiary/aromatic N) is 3. The molecule has 4 nitrogen and oxygen atoms in total. The zero-order valence-electron chi connectivity index (χ0n) is 8.79. The largest absolute Gasteiger partial charge is 0.493 e. The molecule has 16 heavy (non-hydrogen) atoms. The van der Waals surface area contributed by atoms with Gasteiger partial charge in [-0.25, -0.2) is 4.98 Å². The van der Waals surface area contributed by atoms with E-state index in [1.165, 1.54) is 17.8 Å². The van der Waals surface area contributed by atoms with Crippen LogP contribution in [0.4, 0.5) is 0 Å². The standard InChI is InChI=1S/C11H11N3OS/c1-8-6-10(15)14-11(13-8)16-7-9-2-4-12-5-3-9/h2-6H,7H2,1H3,(H,13,14,15). The summed E-state index contributed by atoms with van der Waals surface area (Å²) in [6, 6.07) is 5.43. The maximum absolute atomic E-state index is 9.32. The Kier molecular flexibility index (Phi) is 3.36. The van der Waals surface area contributed by atoms with Gasteiger partial charge in [0.25, 0.3) is 0 Å². The number of thioether (sulfide) groups is 1. The first kappa shape index (κ1) is 10.9. The maximum Gasteiger partial charge on any atom is 0.215 e. The fraction of sp³-hybridized carbons (Fsp3) is 0.182. The lowest BCUT2D eigenvalue weighted by atomic mass is 10.3. The van der Waals surface area contributed by atoms with Gasteiger partial charge in [-0.15, -0.1) is 0 Å². The summed E-state index contributed by atoms with van der Waals surface area (Å²) >= 11 is 1.49. The summed E-state index contributed by atoms with van der Waals surface area (Å²) in [5.41, 5.74) is 1.93. The van der Waals surface area contributed by atoms with Crippen LogP contribution in [-0.4, -0.2) is 20.1 Å². The van der Waals surface area contributed by atoms with E-state index in [1.54, 1.807) is 12.4 Å². The topological polar surface area (TPSA) is 58.9 Å². The summed E-state index contributed by atoms with van der Waals surface area (Å²) in [5.74, 6) is 0.788. The second-order valence-corrected chi connectivity index (χ2v) is 4.24. The van der Waals surface area contributed by atoms with E-state index in [0.717, 1.165) is 17.0 Å². The van der Waals surface area contributed by atoms with Crippen LogP contribution < -0.4 is 0 Å². The minimum Gasteiger partial charge on any atom is -0.493 e. The highest BCUT2D eigenvalue weighted by atomic mass is 32.2. The van der Waals surface area contributed by atoms with Crippen LogP contribution >= 0.6 is 11.8 Å². The van der Waals surface area contributed by atoms with Crippen LogP contribution in [0.25, 0.3) is 0 Å². The Bertz CT molecular complexity index is 456. The van der Waals surface area contributed by atoms with Crippen molar-refractivity contribution in [1.82, 2.24) is 15.0 Å². The van der Waals surface area contributed by atoms with Gasteiger partial charge in [0.2, 0.25) is 5.88 Å². The molecule has 0 aliphatic rings. The number of hydrogen-bond donors (Lipinski definition) is 1. The molecular weight excluding hydrogens is 222 g/mol. The highest BCUT2D eigenvalue weighted by molar-refractivity contribution is 7.98. The first-order valence-corrected chi connectivity index (χ1v) is 5.79. The number of hydrogen-bond acceptors (Lipinski definition) is 5. The molecule has 0 aromatic carbocycles. The lowest BCUT2D eigenvalue weighted by molar-refractivity contribution is 0.444. The molecule has 2 heterocycles. The van der Waals surface area contributed by atoms with Crippen LogP contribution in [0.3, 0.4) is 0 Å². The molecule has 0 aliphatic heterocycles. The van der Waals surface area contributed by atoms with Gasteiger partial charge in [-0.05, 0) is 24.6 Å². The first-order chi connectivity index (χ1) is 7.74. The van der Waals surface area contributed by atoms with Crippen LogP contribution in [0.5, 0.6) is 5.88 Å². The fourth-order valence-electron chi connectivity index (χ4n) is 1.22. The van der Waals surface area contributed by atoms with Gasteiger partial charge in [0.05, 0.1) is 0 Å². The Hall–Kier alpha value is -1.62. The molecule has 5 heteroatoms. The predicted molar refractivity (Wildman–Crippen MR) is 62.2 cm³/mol. The average molecular weight is 233 g/mol. The van der Waals surface area contributed by atoms with Crippen molar-refractivity contribution in [3.63, 3.8) is 0 Å². The van der Waals surface area contributed by atoms with Gasteiger partial charge in [0, 0.05) is 29.9 Å². The van der Waals surface area contributed by atoms with Gasteiger partial charge in [-0.1, -0.05) is 11.8 Å². The van der Waals surface area contributed by atoms with Crippen LogP contribution in [0.2, 0.25) is 0 Å². The molecule has 2 rings (SSSR count). The lowest BCUT2D eigenvalue weighted by Gasteiger charge is -2.01. The molecule has 1 N–H and O–H groups in total. The minimum absolute atomic E-state index is 0.0183. The van der Waals surface area contributed by atoms with Gasteiger partial charge in [-0.2, -0.15) is 4.98 Å². The quantitative estimate of drug-likeness (QED) is 0.650. The van der Waals surface area contributed by atoms with Crippen molar-refractivity contribution >= 4 is 11.8 Å². The molecule has 82 valence electrons. The molecule has 0 radical (unpaired) electrons. The molecule has 0 unspecified atom stereocenters. The van der Waals surface area contributed by atoms with Crippen molar-refractivity contribution in [2.75, 3.05) is 0 Å². The number of aromatic nitrogens is 3. The molecular formula is C11H11N3OS. The van der Waals surface area contributed by atoms with E-state index in [1.807, 2.05) is 19.1 Å². The zero-order chi connectivity index (χ0) is 11.4. The molecule has 2 aromatic rings. The SMILES string of the molecule is Cc1cc(O)nc(SCc2ccncc2)n1. The van der Waals surface area contributed by atoms with Crippen LogP contribution in [0, 0.1) is 6.92 Å². The van der Waals surface area contributed by atoms with E-state index >= 15 is 0 Å². The fourth-order valence-corrected chi connectivity index (χ4v) is 2.07. The van der Waals surface area contributed by atoms with Crippen molar-refractivity contribution in [1.29, 1.82) is 0 Å². The summed E-state index contributed by atoms with van der Waals surface area (Å²) in [4.78, 5) is 12.1. The van der Waals surface area contributed by atoms with Gasteiger partial charge in [0.1, 0.15) is 0 Å². The van der Waals surface area contributed by atoms with Crippen LogP contribution in [-0.2, 0) is 5.75 Å². The first-order valence-electron chi connectivity index (χ1n) is 4.80. The molecule has 0 aliphatic carbocycles. The second-order valence-electron chi connectivity index (χ2n) is 3.29. The van der Waals surface area contributed by atoms with Crippen molar-refractivity contribution in [3.8, 4) is 5.88 Å². The summed E-state index contributed by atoms with van der Waals surface area (Å²) in [7, 11) is 0. The Balaban J connectivity index is 2.05. The summed E-state index contributed by atoms with van der Waals surface area (Å²) < 4.78 is 0. The van der Waals surface area contributed by atoms with E-state index in [0.29, 0.717) is 5.16 Å². The Morgan fingerprint density at radius 2 is 2.00 bits per heavy atom. The van der Waals surface area contributed by atoms with Crippen molar-refractivity contribution in [3.05, 3.63) is 41.9 Å². The normalized spacial score (nSPS) is 10.3. The summed E-state index contributed by atoms with van der Waals surface area (Å²) in [6.07, 6.45) is 3.51. The van der Waals surface area contributed by atoms with Gasteiger partial charge < -0.3 is 5.11 Å². The number of pyridine rings is 1. The van der Waals surface area contributed by atoms with Gasteiger partial charge in [-0.3, -0.25) is 4.98 Å². The number of aromatic hydroxyl groups is 1. The van der Waals surface area contributed by atoms with Crippen LogP contribution in [0.1, 0.15) is 11.3 Å². The highest BCUT2D eigenvalue weighted by Crippen LogP contribution is 2.20. The average Bonchev–Trinajstić information content (AvgIpc) is 2.27. The second kappa shape index (κ2) is 4.94. The molecule has 0 spiro atoms. The summed E-state index contributed by atoms with van der Waals surface area (Å²) in [6.45, 7) is 1.83. The number of rotatable bonds is 3. The molecule has 2 aromatic heterocycles. The van der Waals surface area contributed by atoms with E-state index in [2.05, 4.69) is 15.0 Å². The van der Waals surface area contributed by atoms with Crippen molar-refractivity contribution < 1.29 is 5.11 Å². The molecule has 0 saturated carbocycles. The van der Waals surface area contributed by atoms with E-state index < -0.39 is 0 Å². The highest BCUT2D eigenvalue weighted by Gasteiger charge is 2.02. The summed E-state index contributed by atoms with van der Waals surface area (Å²) in [5, 5.41) is 9.91. The Labute approximate surface area is 97.8 Å². The van der Waals surface area contributed by atoms with E-state index in [9.17, 15) is 5.11 Å². The van der Waals surface area contributed by atoms with E-state index in [-0.39, 0.29) is 5.88 Å². The molecule has 0 bridgehead atoms.